The fourth-order valence-corrected chi connectivity index (χ4v) is 15.6. The maximum absolute atomic E-state index is 13.9. The first-order chi connectivity index (χ1) is 58.2. The van der Waals surface area contributed by atoms with Crippen LogP contribution in [0, 0.1) is 38.6 Å². The van der Waals surface area contributed by atoms with Crippen LogP contribution in [0.2, 0.25) is 40.2 Å². The van der Waals surface area contributed by atoms with Gasteiger partial charge in [0.25, 0.3) is 0 Å². The van der Waals surface area contributed by atoms with E-state index in [-0.39, 0.29) is 65.7 Å². The van der Waals surface area contributed by atoms with E-state index in [0.29, 0.717) is 125 Å². The minimum Gasteiger partial charge on any atom is -1.00 e. The number of hydrogen-bond donors (Lipinski definition) is 2. The fourth-order valence-electron chi connectivity index (χ4n) is 14.6. The van der Waals surface area contributed by atoms with Gasteiger partial charge in [-0.2, -0.15) is 13.8 Å². The van der Waals surface area contributed by atoms with Crippen LogP contribution in [0.3, 0.4) is 0 Å². The van der Waals surface area contributed by atoms with Crippen molar-refractivity contribution in [2.45, 2.75) is 57.1 Å². The standard InChI is InChI=1S/C25H21Cl2N3O2.C22H13Cl2N3O2.C22H15Cl2N3O2.C22H13Cl2N3O.C3H7.ClH.Mg/c1-16(2)25(17-5-4-6-20(15-17)28-3)23(31)29(21-11-7-18(26)8-12-21)24(32)30(25)22-13-9-19(27)10-14-22;1-25-17-4-2-3-14(13-17)22-20(29-22)26(18-9-5-15(23)6-10-18)21(28)27(22)19-11-7-16(24)8-12-19;1-25-18-4-2-3-15(13-18)22(29)14-26(19-9-5-16(23)6-10-19)21(28)27(22)20-11-7-17(24)8-12-20;1-25-18-4-2-3-15(13-18)21-14-26(19-9-5-16(23)6-10-19)22(28)27(21)20-11-7-17(24)8-12-20;1-3-2;;/h4-16,23,31H,1-2H3;2-13,20H;2-13,29H,14H2;2-14H;3H,1-2H3;1H;/q;;;;-1;;+2/p-1. The Labute approximate surface area is 773 Å². The van der Waals surface area contributed by atoms with E-state index in [2.05, 4.69) is 19.4 Å². The Morgan fingerprint density at radius 2 is 0.748 bits per heavy atom. The summed E-state index contributed by atoms with van der Waals surface area (Å²) in [5.74, 6) is -0.213. The molecule has 0 radical (unpaired) electrons. The van der Waals surface area contributed by atoms with Gasteiger partial charge in [0.05, 0.1) is 49.9 Å². The zero-order chi connectivity index (χ0) is 86.2. The predicted molar refractivity (Wildman–Crippen MR) is 490 cm³/mol. The molecule has 123 heavy (non-hydrogen) atoms. The number of aromatic nitrogens is 2. The first-order valence-electron chi connectivity index (χ1n) is 37.3. The van der Waals surface area contributed by atoms with Crippen molar-refractivity contribution >= 4 is 191 Å². The Morgan fingerprint density at radius 3 is 1.18 bits per heavy atom. The van der Waals surface area contributed by atoms with E-state index < -0.39 is 35.5 Å². The molecule has 4 aliphatic rings. The maximum atomic E-state index is 13.9. The number of epoxide rings is 1. The number of fused-ring (bicyclic) bond motifs is 1. The molecule has 612 valence electrons. The van der Waals surface area contributed by atoms with Crippen molar-refractivity contribution in [3.63, 3.8) is 0 Å². The molecule has 0 aliphatic carbocycles. The minimum atomic E-state index is -1.68. The number of halogens is 9. The van der Waals surface area contributed by atoms with Gasteiger partial charge in [-0.15, -0.1) is 0 Å². The second-order valence-electron chi connectivity index (χ2n) is 28.1. The van der Waals surface area contributed by atoms with E-state index in [1.54, 1.807) is 303 Å². The van der Waals surface area contributed by atoms with Crippen LogP contribution in [0.15, 0.2) is 302 Å². The molecule has 6 amide bonds. The van der Waals surface area contributed by atoms with Crippen LogP contribution >= 0.6 is 92.8 Å². The quantitative estimate of drug-likeness (QED) is 0.0658. The SMILES string of the molecule is C[CH-]C.[C-]#[N+]c1cccc(-c2cn(-c3ccc(Cl)cc3)c(=O)n2-c2ccc(Cl)cc2)c1.[C-]#[N+]c1cccc(C2(C(C)C)C(O)N(c3ccc(Cl)cc3)C(=O)N2c2ccc(Cl)cc2)c1.[C-]#[N+]c1cccc(C2(O)CN(c3ccc(Cl)cc3)C(=O)N2c2ccc(Cl)cc2)c1.[C-]#[N+]c1cccc(C23OC2N(c2ccc(Cl)cc2)C(=O)N3c2ccc(Cl)cc2)c1.[Cl-].[Mg+2]. The van der Waals surface area contributed by atoms with Crippen molar-refractivity contribution in [1.29, 1.82) is 0 Å². The van der Waals surface area contributed by atoms with Crippen molar-refractivity contribution < 1.29 is 41.7 Å². The summed E-state index contributed by atoms with van der Waals surface area (Å²) in [6, 6.07) is 82.4. The van der Waals surface area contributed by atoms with Crippen LogP contribution in [0.25, 0.3) is 42.0 Å². The molecule has 17 rings (SSSR count). The number of aliphatic hydroxyl groups is 2. The van der Waals surface area contributed by atoms with Gasteiger partial charge in [-0.25, -0.2) is 38.6 Å². The minimum absolute atomic E-state index is 0. The number of carbonyl (C=O) groups excluding carboxylic acids is 3. The summed E-state index contributed by atoms with van der Waals surface area (Å²) in [5, 5.41) is 28.0. The number of anilines is 6. The third-order valence-electron chi connectivity index (χ3n) is 20.2. The predicted octanol–water partition coefficient (Wildman–Crippen LogP) is 22.9. The molecule has 29 heteroatoms. The van der Waals surface area contributed by atoms with Crippen molar-refractivity contribution in [3.05, 3.63) is 417 Å². The topological polar surface area (TPSA) is 168 Å². The Morgan fingerprint density at radius 1 is 0.415 bits per heavy atom. The van der Waals surface area contributed by atoms with Gasteiger partial charge in [0.2, 0.25) is 5.72 Å². The number of carbonyl (C=O) groups is 3. The summed E-state index contributed by atoms with van der Waals surface area (Å²) in [4.78, 5) is 77.1. The molecule has 0 spiro atoms. The normalized spacial score (nSPS) is 17.6. The molecular formula is C94H69Cl9MgN12O7. The van der Waals surface area contributed by atoms with Crippen molar-refractivity contribution in [1.82, 2.24) is 9.13 Å². The molecule has 19 nitrogen and oxygen atoms in total. The zero-order valence-electron chi connectivity index (χ0n) is 65.7. The van der Waals surface area contributed by atoms with Crippen LogP contribution in [0.4, 0.5) is 71.3 Å². The third-order valence-corrected chi connectivity index (χ3v) is 22.2. The van der Waals surface area contributed by atoms with E-state index in [0.717, 1.165) is 11.1 Å². The van der Waals surface area contributed by atoms with Gasteiger partial charge in [-0.1, -0.05) is 186 Å². The molecule has 13 aromatic rings. The van der Waals surface area contributed by atoms with Crippen LogP contribution in [0.1, 0.15) is 44.4 Å². The van der Waals surface area contributed by atoms with Crippen LogP contribution in [-0.4, -0.2) is 79.5 Å². The van der Waals surface area contributed by atoms with E-state index >= 15 is 0 Å². The number of β-amino-alcohol motifs (C(OH)–C–C–N with tert-alkyl or cyclic N) is 1. The molecule has 5 heterocycles. The number of amides is 6. The molecular weight excluding hydrogens is 1750 g/mol. The molecule has 12 aromatic carbocycles. The number of hydrogen-bond acceptors (Lipinski definition) is 7. The fraction of sp³-hybridized carbons (Fsp3) is 0.117. The second kappa shape index (κ2) is 39.9. The molecule has 5 unspecified atom stereocenters. The molecule has 2 N–H and O–H groups in total. The molecule has 4 saturated heterocycles. The van der Waals surface area contributed by atoms with E-state index in [1.165, 1.54) is 14.7 Å². The van der Waals surface area contributed by atoms with Gasteiger partial charge in [0, 0.05) is 80.5 Å². The van der Waals surface area contributed by atoms with E-state index in [9.17, 15) is 29.4 Å². The molecule has 0 saturated carbocycles. The van der Waals surface area contributed by atoms with Gasteiger partial charge in [-0.3, -0.25) is 38.5 Å². The first-order valence-corrected chi connectivity index (χ1v) is 40.3. The average molecular weight is 1820 g/mol. The summed E-state index contributed by atoms with van der Waals surface area (Å²) in [7, 11) is 0. The molecule has 4 aliphatic heterocycles. The maximum Gasteiger partial charge on any atom is 2.00 e. The van der Waals surface area contributed by atoms with Gasteiger partial charge in [-0.05, 0) is 240 Å². The number of benzene rings is 12. The number of nitrogens with zero attached hydrogens (tertiary/aromatic N) is 12. The van der Waals surface area contributed by atoms with Crippen molar-refractivity contribution in [2.24, 2.45) is 5.92 Å². The summed E-state index contributed by atoms with van der Waals surface area (Å²) >= 11 is 48.2. The summed E-state index contributed by atoms with van der Waals surface area (Å²) in [5.41, 5.74) is 5.99. The van der Waals surface area contributed by atoms with Gasteiger partial charge >= 0.3 is 46.8 Å². The van der Waals surface area contributed by atoms with Crippen molar-refractivity contribution in [2.75, 3.05) is 35.9 Å². The number of rotatable bonds is 13. The molecule has 0 bridgehead atoms. The van der Waals surface area contributed by atoms with Crippen molar-refractivity contribution in [3.8, 4) is 22.6 Å². The summed E-state index contributed by atoms with van der Waals surface area (Å²) in [6.07, 6.45) is 2.02. The van der Waals surface area contributed by atoms with Gasteiger partial charge in [0.1, 0.15) is 5.54 Å². The summed E-state index contributed by atoms with van der Waals surface area (Å²) < 4.78 is 9.32. The Kier molecular flexibility index (Phi) is 30.0. The monoisotopic (exact) mass is 1820 g/mol. The number of ether oxygens (including phenoxy) is 1. The number of imidazole rings is 1. The molecule has 4 fully saturated rings. The average Bonchev–Trinajstić information content (AvgIpc) is 1.50. The van der Waals surface area contributed by atoms with Crippen LogP contribution in [-0.2, 0) is 21.7 Å². The first kappa shape index (κ1) is 92.4. The molecule has 1 aromatic heterocycles. The van der Waals surface area contributed by atoms with Crippen LogP contribution in [0.5, 0.6) is 0 Å². The number of aliphatic hydroxyl groups excluding tert-OH is 1. The van der Waals surface area contributed by atoms with E-state index in [4.69, 9.17) is 124 Å². The van der Waals surface area contributed by atoms with Crippen LogP contribution < -0.4 is 47.5 Å². The largest absolute Gasteiger partial charge is 2.00 e. The Balaban J connectivity index is 0.000000157. The zero-order valence-corrected chi connectivity index (χ0v) is 73.9. The Bertz CT molecular complexity index is 6140. The van der Waals surface area contributed by atoms with E-state index in [1.807, 2.05) is 52.3 Å². The number of urea groups is 3. The molecule has 5 atom stereocenters. The summed E-state index contributed by atoms with van der Waals surface area (Å²) in [6.45, 7) is 37.2. The smallest absolute Gasteiger partial charge is 1.00 e. The third kappa shape index (κ3) is 18.9. The second-order valence-corrected chi connectivity index (χ2v) is 31.5. The van der Waals surface area contributed by atoms with Gasteiger partial charge < -0.3 is 33.8 Å². The Hall–Kier alpha value is -11.3. The van der Waals surface area contributed by atoms with Gasteiger partial charge in [0.15, 0.2) is 40.9 Å².